The summed E-state index contributed by atoms with van der Waals surface area (Å²) in [6.07, 6.45) is 0.646. The number of hydrogen-bond donors (Lipinski definition) is 2. The molecule has 2 aromatic rings. The van der Waals surface area contributed by atoms with Crippen molar-refractivity contribution in [3.63, 3.8) is 0 Å². The smallest absolute Gasteiger partial charge is 0.251 e. The quantitative estimate of drug-likeness (QED) is 0.843. The van der Waals surface area contributed by atoms with Crippen LogP contribution in [0.15, 0.2) is 34.9 Å². The number of nitrogens with zero attached hydrogens (tertiary/aromatic N) is 2. The van der Waals surface area contributed by atoms with Crippen LogP contribution in [0, 0.1) is 0 Å². The summed E-state index contributed by atoms with van der Waals surface area (Å²) in [5.74, 6) is 0.204. The van der Waals surface area contributed by atoms with E-state index in [2.05, 4.69) is 15.8 Å². The van der Waals surface area contributed by atoms with Crippen LogP contribution >= 0.6 is 0 Å². The van der Waals surface area contributed by atoms with E-state index >= 15 is 0 Å². The minimum absolute atomic E-state index is 0.162. The number of rotatable bonds is 4. The third-order valence-corrected chi connectivity index (χ3v) is 4.63. The molecule has 3 amide bonds. The lowest BCUT2D eigenvalue weighted by molar-refractivity contribution is -0.120. The Morgan fingerprint density at radius 2 is 2.00 bits per heavy atom. The first-order chi connectivity index (χ1) is 13.2. The van der Waals surface area contributed by atoms with Crippen molar-refractivity contribution >= 4 is 29.2 Å². The Kier molecular flexibility index (Phi) is 5.22. The predicted octanol–water partition coefficient (Wildman–Crippen LogP) is 2.47. The molecule has 148 valence electrons. The number of amides is 3. The summed E-state index contributed by atoms with van der Waals surface area (Å²) in [5, 5.41) is 9.18. The zero-order valence-corrected chi connectivity index (χ0v) is 16.4. The van der Waals surface area contributed by atoms with Gasteiger partial charge < -0.3 is 15.2 Å². The number of carbonyl (C=O) groups excluding carboxylic acids is 3. The fourth-order valence-corrected chi connectivity index (χ4v) is 3.09. The summed E-state index contributed by atoms with van der Waals surface area (Å²) in [6, 6.07) is 7.67. The van der Waals surface area contributed by atoms with Crippen molar-refractivity contribution in [2.24, 2.45) is 0 Å². The summed E-state index contributed by atoms with van der Waals surface area (Å²) in [7, 11) is 1.54. The van der Waals surface area contributed by atoms with Crippen molar-refractivity contribution < 1.29 is 18.9 Å². The Balaban J connectivity index is 1.81. The van der Waals surface area contributed by atoms with Crippen LogP contribution < -0.4 is 15.5 Å². The second kappa shape index (κ2) is 7.46. The fraction of sp³-hybridized carbons (Fsp3) is 0.400. The maximum atomic E-state index is 12.8. The van der Waals surface area contributed by atoms with Gasteiger partial charge in [-0.3, -0.25) is 19.3 Å². The predicted molar refractivity (Wildman–Crippen MR) is 104 cm³/mol. The summed E-state index contributed by atoms with van der Waals surface area (Å²) in [4.78, 5) is 38.6. The molecular formula is C20H24N4O4. The zero-order valence-electron chi connectivity index (χ0n) is 16.4. The highest BCUT2D eigenvalue weighted by atomic mass is 16.5. The number of hydrogen-bond acceptors (Lipinski definition) is 5. The number of nitrogens with one attached hydrogen (secondary N) is 2. The van der Waals surface area contributed by atoms with Crippen molar-refractivity contribution in [2.75, 3.05) is 17.3 Å². The summed E-state index contributed by atoms with van der Waals surface area (Å²) >= 11 is 0. The van der Waals surface area contributed by atoms with Gasteiger partial charge in [-0.05, 0) is 24.6 Å². The molecule has 28 heavy (non-hydrogen) atoms. The molecule has 1 fully saturated rings. The normalized spacial score (nSPS) is 16.9. The maximum Gasteiger partial charge on any atom is 0.251 e. The van der Waals surface area contributed by atoms with E-state index < -0.39 is 6.04 Å². The van der Waals surface area contributed by atoms with Crippen LogP contribution in [0.2, 0.25) is 0 Å². The second-order valence-electron chi connectivity index (χ2n) is 7.76. The molecular weight excluding hydrogens is 360 g/mol. The van der Waals surface area contributed by atoms with Crippen molar-refractivity contribution in [1.29, 1.82) is 0 Å². The van der Waals surface area contributed by atoms with Gasteiger partial charge in [0, 0.05) is 36.2 Å². The Bertz CT molecular complexity index is 913. The molecule has 1 saturated heterocycles. The van der Waals surface area contributed by atoms with E-state index in [1.54, 1.807) is 30.3 Å². The van der Waals surface area contributed by atoms with Crippen LogP contribution in [0.1, 0.15) is 49.7 Å². The van der Waals surface area contributed by atoms with Crippen LogP contribution in [-0.4, -0.2) is 36.0 Å². The minimum Gasteiger partial charge on any atom is -0.359 e. The highest BCUT2D eigenvalue weighted by Gasteiger charge is 2.37. The average molecular weight is 384 g/mol. The molecule has 3 rings (SSSR count). The fourth-order valence-electron chi connectivity index (χ4n) is 3.09. The van der Waals surface area contributed by atoms with Crippen molar-refractivity contribution in [3.8, 4) is 0 Å². The van der Waals surface area contributed by atoms with Gasteiger partial charge in [0.05, 0.1) is 0 Å². The Labute approximate surface area is 163 Å². The molecule has 8 nitrogen and oxygen atoms in total. The van der Waals surface area contributed by atoms with Crippen molar-refractivity contribution in [3.05, 3.63) is 41.7 Å². The van der Waals surface area contributed by atoms with Crippen molar-refractivity contribution in [2.45, 2.75) is 45.1 Å². The van der Waals surface area contributed by atoms with Gasteiger partial charge in [0.1, 0.15) is 11.8 Å². The van der Waals surface area contributed by atoms with E-state index in [1.807, 2.05) is 20.8 Å². The molecule has 0 radical (unpaired) electrons. The molecule has 1 atom stereocenters. The maximum absolute atomic E-state index is 12.8. The lowest BCUT2D eigenvalue weighted by Crippen LogP contribution is -2.42. The first kappa shape index (κ1) is 19.6. The molecule has 1 aliphatic rings. The third-order valence-electron chi connectivity index (χ3n) is 4.63. The number of anilines is 2. The van der Waals surface area contributed by atoms with Crippen LogP contribution in [-0.2, 0) is 15.0 Å². The molecule has 0 bridgehead atoms. The second-order valence-corrected chi connectivity index (χ2v) is 7.76. The van der Waals surface area contributed by atoms with E-state index in [0.717, 1.165) is 0 Å². The topological polar surface area (TPSA) is 105 Å². The SMILES string of the molecule is CNC(=O)c1cccc(N2C(=O)CC[C@H]2C(=O)Nc2cc(C(C)(C)C)on2)c1. The first-order valence-electron chi connectivity index (χ1n) is 9.13. The van der Waals surface area contributed by atoms with Gasteiger partial charge >= 0.3 is 0 Å². The van der Waals surface area contributed by atoms with Gasteiger partial charge in [0.15, 0.2) is 5.82 Å². The van der Waals surface area contributed by atoms with E-state index in [9.17, 15) is 14.4 Å². The molecule has 0 unspecified atom stereocenters. The molecule has 8 heteroatoms. The molecule has 2 N–H and O–H groups in total. The molecule has 0 aliphatic carbocycles. The highest BCUT2D eigenvalue weighted by Crippen LogP contribution is 2.29. The average Bonchev–Trinajstić information content (AvgIpc) is 3.27. The number of benzene rings is 1. The van der Waals surface area contributed by atoms with Gasteiger partial charge in [-0.2, -0.15) is 0 Å². The Morgan fingerprint density at radius 3 is 2.64 bits per heavy atom. The third kappa shape index (κ3) is 3.90. The Morgan fingerprint density at radius 1 is 1.25 bits per heavy atom. The lowest BCUT2D eigenvalue weighted by Gasteiger charge is -2.24. The van der Waals surface area contributed by atoms with E-state index in [1.165, 1.54) is 11.9 Å². The minimum atomic E-state index is -0.678. The van der Waals surface area contributed by atoms with Gasteiger partial charge in [0.2, 0.25) is 11.8 Å². The monoisotopic (exact) mass is 384 g/mol. The van der Waals surface area contributed by atoms with Crippen molar-refractivity contribution in [1.82, 2.24) is 10.5 Å². The number of carbonyl (C=O) groups is 3. The summed E-state index contributed by atoms with van der Waals surface area (Å²) in [5.41, 5.74) is 0.704. The van der Waals surface area contributed by atoms with Gasteiger partial charge in [-0.25, -0.2) is 0 Å². The van der Waals surface area contributed by atoms with E-state index in [0.29, 0.717) is 29.2 Å². The molecule has 1 aromatic heterocycles. The summed E-state index contributed by atoms with van der Waals surface area (Å²) in [6.45, 7) is 5.95. The molecule has 1 aliphatic heterocycles. The zero-order chi connectivity index (χ0) is 20.5. The highest BCUT2D eigenvalue weighted by molar-refractivity contribution is 6.08. The lowest BCUT2D eigenvalue weighted by atomic mass is 9.93. The molecule has 0 saturated carbocycles. The van der Waals surface area contributed by atoms with Crippen LogP contribution in [0.5, 0.6) is 0 Å². The first-order valence-corrected chi connectivity index (χ1v) is 9.13. The van der Waals surface area contributed by atoms with E-state index in [4.69, 9.17) is 4.52 Å². The van der Waals surface area contributed by atoms with Crippen LogP contribution in [0.25, 0.3) is 0 Å². The van der Waals surface area contributed by atoms with Gasteiger partial charge in [-0.15, -0.1) is 0 Å². The molecule has 0 spiro atoms. The van der Waals surface area contributed by atoms with Gasteiger partial charge in [-0.1, -0.05) is 32.0 Å². The van der Waals surface area contributed by atoms with Crippen LogP contribution in [0.4, 0.5) is 11.5 Å². The number of aromatic nitrogens is 1. The van der Waals surface area contributed by atoms with Crippen LogP contribution in [0.3, 0.4) is 0 Å². The Hall–Kier alpha value is -3.16. The van der Waals surface area contributed by atoms with E-state index in [-0.39, 0.29) is 29.6 Å². The summed E-state index contributed by atoms with van der Waals surface area (Å²) < 4.78 is 5.29. The van der Waals surface area contributed by atoms with Gasteiger partial charge in [0.25, 0.3) is 5.91 Å². The largest absolute Gasteiger partial charge is 0.359 e. The molecule has 1 aromatic carbocycles. The standard InChI is InChI=1S/C20H24N4O4/c1-20(2,3)15-11-16(23-28-15)22-19(27)14-8-9-17(25)24(14)13-7-5-6-12(10-13)18(26)21-4/h5-7,10-11,14H,8-9H2,1-4H3,(H,21,26)(H,22,23,27)/t14-/m0/s1. The molecule has 2 heterocycles.